The van der Waals surface area contributed by atoms with Crippen LogP contribution in [-0.4, -0.2) is 21.3 Å². The molecule has 18 heavy (non-hydrogen) atoms. The number of nitrogens with two attached hydrogens (primary N) is 1. The molecule has 1 aromatic rings. The van der Waals surface area contributed by atoms with Crippen molar-refractivity contribution in [1.82, 2.24) is 14.8 Å². The van der Waals surface area contributed by atoms with Gasteiger partial charge < -0.3 is 11.1 Å². The lowest BCUT2D eigenvalue weighted by Gasteiger charge is -2.35. The summed E-state index contributed by atoms with van der Waals surface area (Å²) in [6.07, 6.45) is 4.39. The molecule has 1 aliphatic carbocycles. The third-order valence-corrected chi connectivity index (χ3v) is 4.01. The molecule has 0 unspecified atom stereocenters. The van der Waals surface area contributed by atoms with Crippen LogP contribution in [0, 0.1) is 5.92 Å². The number of rotatable bonds is 4. The van der Waals surface area contributed by atoms with Gasteiger partial charge in [0.15, 0.2) is 5.82 Å². The molecular formula is C13H25N5. The van der Waals surface area contributed by atoms with Gasteiger partial charge in [0.25, 0.3) is 0 Å². The summed E-state index contributed by atoms with van der Waals surface area (Å²) in [7, 11) is 0. The Morgan fingerprint density at radius 1 is 1.33 bits per heavy atom. The van der Waals surface area contributed by atoms with E-state index < -0.39 is 0 Å². The van der Waals surface area contributed by atoms with Gasteiger partial charge in [0.1, 0.15) is 0 Å². The largest absolute Gasteiger partial charge is 0.355 e. The van der Waals surface area contributed by atoms with Crippen molar-refractivity contribution in [2.45, 2.75) is 58.5 Å². The van der Waals surface area contributed by atoms with E-state index in [1.165, 1.54) is 12.8 Å². The van der Waals surface area contributed by atoms with Crippen molar-refractivity contribution in [3.63, 3.8) is 0 Å². The first-order valence-electron chi connectivity index (χ1n) is 7.07. The second-order valence-corrected chi connectivity index (χ2v) is 5.46. The number of aromatic nitrogens is 3. The summed E-state index contributed by atoms with van der Waals surface area (Å²) < 4.78 is 2.12. The minimum absolute atomic E-state index is 0.289. The molecule has 0 radical (unpaired) electrons. The Morgan fingerprint density at radius 3 is 2.56 bits per heavy atom. The Labute approximate surface area is 109 Å². The minimum Gasteiger partial charge on any atom is -0.355 e. The second-order valence-electron chi connectivity index (χ2n) is 5.46. The van der Waals surface area contributed by atoms with Gasteiger partial charge in [-0.15, -0.1) is 10.2 Å². The molecule has 5 heteroatoms. The lowest BCUT2D eigenvalue weighted by molar-refractivity contribution is 0.231. The molecule has 0 spiro atoms. The molecule has 2 rings (SSSR count). The van der Waals surface area contributed by atoms with Crippen molar-refractivity contribution in [1.29, 1.82) is 0 Å². The predicted octanol–water partition coefficient (Wildman–Crippen LogP) is 2.09. The van der Waals surface area contributed by atoms with Crippen molar-refractivity contribution in [3.8, 4) is 0 Å². The van der Waals surface area contributed by atoms with Gasteiger partial charge in [0, 0.05) is 13.1 Å². The highest BCUT2D eigenvalue weighted by Gasteiger charge is 2.36. The van der Waals surface area contributed by atoms with Crippen LogP contribution in [0.1, 0.15) is 52.3 Å². The van der Waals surface area contributed by atoms with Gasteiger partial charge in [-0.3, -0.25) is 4.57 Å². The van der Waals surface area contributed by atoms with E-state index in [0.29, 0.717) is 0 Å². The lowest BCUT2D eigenvalue weighted by atomic mass is 9.77. The van der Waals surface area contributed by atoms with Gasteiger partial charge >= 0.3 is 0 Å². The molecule has 0 bridgehead atoms. The standard InChI is InChI=1S/C13H25N5/c1-4-15-12-17-16-11(18(12)5-2)13(14)8-6-10(3)7-9-13/h10H,4-9,14H2,1-3H3,(H,15,17). The molecule has 1 aromatic heterocycles. The molecule has 102 valence electrons. The third-order valence-electron chi connectivity index (χ3n) is 4.01. The molecule has 1 saturated carbocycles. The van der Waals surface area contributed by atoms with Gasteiger partial charge in [-0.25, -0.2) is 0 Å². The zero-order chi connectivity index (χ0) is 13.2. The van der Waals surface area contributed by atoms with Gasteiger partial charge in [-0.05, 0) is 45.4 Å². The Kier molecular flexibility index (Phi) is 3.90. The first-order chi connectivity index (χ1) is 8.60. The molecule has 0 atom stereocenters. The quantitative estimate of drug-likeness (QED) is 0.860. The van der Waals surface area contributed by atoms with Crippen LogP contribution < -0.4 is 11.1 Å². The SMILES string of the molecule is CCNc1nnc(C2(N)CCC(C)CC2)n1CC. The monoisotopic (exact) mass is 251 g/mol. The summed E-state index contributed by atoms with van der Waals surface area (Å²) in [4.78, 5) is 0. The normalized spacial score (nSPS) is 28.3. The zero-order valence-electron chi connectivity index (χ0n) is 11.7. The van der Waals surface area contributed by atoms with Crippen LogP contribution in [0.3, 0.4) is 0 Å². The third kappa shape index (κ3) is 2.36. The van der Waals surface area contributed by atoms with Gasteiger partial charge in [0.2, 0.25) is 5.95 Å². The number of nitrogens with zero attached hydrogens (tertiary/aromatic N) is 3. The average molecular weight is 251 g/mol. The molecule has 1 heterocycles. The fraction of sp³-hybridized carbons (Fsp3) is 0.846. The highest BCUT2D eigenvalue weighted by Crippen LogP contribution is 2.37. The first-order valence-corrected chi connectivity index (χ1v) is 7.07. The number of hydrogen-bond donors (Lipinski definition) is 2. The van der Waals surface area contributed by atoms with Crippen LogP contribution >= 0.6 is 0 Å². The van der Waals surface area contributed by atoms with Crippen LogP contribution in [0.4, 0.5) is 5.95 Å². The molecule has 1 aliphatic rings. The van der Waals surface area contributed by atoms with Gasteiger partial charge in [0.05, 0.1) is 5.54 Å². The van der Waals surface area contributed by atoms with Gasteiger partial charge in [-0.2, -0.15) is 0 Å². The minimum atomic E-state index is -0.289. The van der Waals surface area contributed by atoms with E-state index >= 15 is 0 Å². The summed E-state index contributed by atoms with van der Waals surface area (Å²) >= 11 is 0. The fourth-order valence-corrected chi connectivity index (χ4v) is 2.76. The highest BCUT2D eigenvalue weighted by molar-refractivity contribution is 5.28. The van der Waals surface area contributed by atoms with Crippen molar-refractivity contribution in [2.75, 3.05) is 11.9 Å². The van der Waals surface area contributed by atoms with E-state index in [0.717, 1.165) is 43.6 Å². The fourth-order valence-electron chi connectivity index (χ4n) is 2.76. The van der Waals surface area contributed by atoms with E-state index in [2.05, 4.69) is 40.9 Å². The lowest BCUT2D eigenvalue weighted by Crippen LogP contribution is -2.42. The Balaban J connectivity index is 2.26. The van der Waals surface area contributed by atoms with Crippen molar-refractivity contribution in [2.24, 2.45) is 11.7 Å². The number of hydrogen-bond acceptors (Lipinski definition) is 4. The first kappa shape index (κ1) is 13.3. The van der Waals surface area contributed by atoms with E-state index in [9.17, 15) is 0 Å². The van der Waals surface area contributed by atoms with E-state index in [1.54, 1.807) is 0 Å². The number of nitrogens with one attached hydrogen (secondary N) is 1. The summed E-state index contributed by atoms with van der Waals surface area (Å²) in [5.74, 6) is 2.58. The summed E-state index contributed by atoms with van der Waals surface area (Å²) in [5.41, 5.74) is 6.29. The maximum absolute atomic E-state index is 6.58. The highest BCUT2D eigenvalue weighted by atomic mass is 15.4. The Morgan fingerprint density at radius 2 is 2.00 bits per heavy atom. The predicted molar refractivity (Wildman–Crippen MR) is 73.4 cm³/mol. The van der Waals surface area contributed by atoms with Crippen LogP contribution in [0.5, 0.6) is 0 Å². The topological polar surface area (TPSA) is 68.8 Å². The van der Waals surface area contributed by atoms with Crippen molar-refractivity contribution in [3.05, 3.63) is 5.82 Å². The van der Waals surface area contributed by atoms with Crippen LogP contribution in [-0.2, 0) is 12.1 Å². The smallest absolute Gasteiger partial charge is 0.224 e. The maximum Gasteiger partial charge on any atom is 0.224 e. The Hall–Kier alpha value is -1.10. The molecule has 5 nitrogen and oxygen atoms in total. The summed E-state index contributed by atoms with van der Waals surface area (Å²) in [6, 6.07) is 0. The molecule has 1 fully saturated rings. The molecule has 0 saturated heterocycles. The molecule has 0 aliphatic heterocycles. The van der Waals surface area contributed by atoms with Crippen LogP contribution in [0.15, 0.2) is 0 Å². The molecule has 0 amide bonds. The summed E-state index contributed by atoms with van der Waals surface area (Å²) in [5, 5.41) is 11.8. The molecular weight excluding hydrogens is 226 g/mol. The van der Waals surface area contributed by atoms with E-state index in [1.807, 2.05) is 0 Å². The number of anilines is 1. The van der Waals surface area contributed by atoms with E-state index in [4.69, 9.17) is 5.73 Å². The maximum atomic E-state index is 6.58. The molecule has 3 N–H and O–H groups in total. The van der Waals surface area contributed by atoms with E-state index in [-0.39, 0.29) is 5.54 Å². The van der Waals surface area contributed by atoms with Gasteiger partial charge in [-0.1, -0.05) is 6.92 Å². The zero-order valence-corrected chi connectivity index (χ0v) is 11.7. The van der Waals surface area contributed by atoms with Crippen LogP contribution in [0.25, 0.3) is 0 Å². The van der Waals surface area contributed by atoms with Crippen molar-refractivity contribution >= 4 is 5.95 Å². The molecule has 0 aromatic carbocycles. The average Bonchev–Trinajstić information content (AvgIpc) is 2.77. The summed E-state index contributed by atoms with van der Waals surface area (Å²) in [6.45, 7) is 8.19. The van der Waals surface area contributed by atoms with Crippen LogP contribution in [0.2, 0.25) is 0 Å². The second kappa shape index (κ2) is 5.26. The Bertz CT molecular complexity index is 390. The van der Waals surface area contributed by atoms with Crippen molar-refractivity contribution < 1.29 is 0 Å².